The molecule has 0 saturated carbocycles. The second-order valence-electron chi connectivity index (χ2n) is 3.33. The summed E-state index contributed by atoms with van der Waals surface area (Å²) >= 11 is 0. The molecular formula is C12H14N2O. The Labute approximate surface area is 89.9 Å². The van der Waals surface area contributed by atoms with Crippen LogP contribution in [0.1, 0.15) is 11.1 Å². The highest BCUT2D eigenvalue weighted by atomic mass is 16.2. The van der Waals surface area contributed by atoms with Crippen LogP contribution in [0.5, 0.6) is 0 Å². The zero-order chi connectivity index (χ0) is 11.3. The average molecular weight is 202 g/mol. The van der Waals surface area contributed by atoms with Crippen LogP contribution < -0.4 is 10.6 Å². The number of benzene rings is 1. The summed E-state index contributed by atoms with van der Waals surface area (Å²) in [7, 11) is 0. The molecule has 0 aliphatic rings. The quantitative estimate of drug-likeness (QED) is 0.708. The van der Waals surface area contributed by atoms with Crippen molar-refractivity contribution in [1.29, 1.82) is 0 Å². The van der Waals surface area contributed by atoms with E-state index in [-0.39, 0.29) is 12.6 Å². The summed E-state index contributed by atoms with van der Waals surface area (Å²) in [5, 5.41) is 5.26. The van der Waals surface area contributed by atoms with Crippen molar-refractivity contribution in [3.8, 4) is 12.3 Å². The molecule has 2 N–H and O–H groups in total. The van der Waals surface area contributed by atoms with Crippen LogP contribution in [0.3, 0.4) is 0 Å². The Hall–Kier alpha value is -1.95. The van der Waals surface area contributed by atoms with Crippen LogP contribution in [0.2, 0.25) is 0 Å². The van der Waals surface area contributed by atoms with Gasteiger partial charge in [0.15, 0.2) is 0 Å². The van der Waals surface area contributed by atoms with Gasteiger partial charge in [0.2, 0.25) is 0 Å². The Kier molecular flexibility index (Phi) is 3.75. The monoisotopic (exact) mass is 202 g/mol. The van der Waals surface area contributed by atoms with Crippen LogP contribution in [0.15, 0.2) is 18.2 Å². The van der Waals surface area contributed by atoms with E-state index in [4.69, 9.17) is 6.42 Å². The number of amides is 2. The molecule has 3 nitrogen and oxygen atoms in total. The van der Waals surface area contributed by atoms with Crippen molar-refractivity contribution in [3.05, 3.63) is 29.3 Å². The molecule has 0 aliphatic heterocycles. The molecule has 1 rings (SSSR count). The fourth-order valence-corrected chi connectivity index (χ4v) is 1.25. The molecule has 0 radical (unpaired) electrons. The highest BCUT2D eigenvalue weighted by Crippen LogP contribution is 2.15. The van der Waals surface area contributed by atoms with Gasteiger partial charge in [0.1, 0.15) is 0 Å². The molecule has 0 bridgehead atoms. The SMILES string of the molecule is C#CCNC(=O)Nc1ccc(C)cc1C. The lowest BCUT2D eigenvalue weighted by Crippen LogP contribution is -2.29. The summed E-state index contributed by atoms with van der Waals surface area (Å²) in [5.41, 5.74) is 3.00. The molecular weight excluding hydrogens is 188 g/mol. The van der Waals surface area contributed by atoms with Crippen molar-refractivity contribution >= 4 is 11.7 Å². The number of urea groups is 1. The van der Waals surface area contributed by atoms with E-state index in [0.717, 1.165) is 11.3 Å². The van der Waals surface area contributed by atoms with E-state index in [2.05, 4.69) is 16.6 Å². The largest absolute Gasteiger partial charge is 0.327 e. The van der Waals surface area contributed by atoms with Crippen LogP contribution in [-0.4, -0.2) is 12.6 Å². The molecule has 0 heterocycles. The van der Waals surface area contributed by atoms with E-state index < -0.39 is 0 Å². The van der Waals surface area contributed by atoms with E-state index in [0.29, 0.717) is 0 Å². The fraction of sp³-hybridized carbons (Fsp3) is 0.250. The van der Waals surface area contributed by atoms with Crippen molar-refractivity contribution in [1.82, 2.24) is 5.32 Å². The molecule has 0 aliphatic carbocycles. The molecule has 0 atom stereocenters. The summed E-state index contributed by atoms with van der Waals surface area (Å²) < 4.78 is 0. The summed E-state index contributed by atoms with van der Waals surface area (Å²) in [5.74, 6) is 2.34. The Morgan fingerprint density at radius 2 is 2.20 bits per heavy atom. The van der Waals surface area contributed by atoms with E-state index in [1.807, 2.05) is 32.0 Å². The molecule has 78 valence electrons. The Morgan fingerprint density at radius 1 is 1.47 bits per heavy atom. The number of carbonyl (C=O) groups is 1. The number of nitrogens with one attached hydrogen (secondary N) is 2. The third kappa shape index (κ3) is 3.35. The van der Waals surface area contributed by atoms with Gasteiger partial charge in [-0.05, 0) is 25.5 Å². The zero-order valence-electron chi connectivity index (χ0n) is 8.92. The van der Waals surface area contributed by atoms with Crippen LogP contribution in [0.25, 0.3) is 0 Å². The van der Waals surface area contributed by atoms with Crippen LogP contribution in [-0.2, 0) is 0 Å². The van der Waals surface area contributed by atoms with E-state index >= 15 is 0 Å². The molecule has 1 aromatic carbocycles. The molecule has 0 unspecified atom stereocenters. The number of anilines is 1. The lowest BCUT2D eigenvalue weighted by atomic mass is 10.1. The maximum atomic E-state index is 11.3. The predicted octanol–water partition coefficient (Wildman–Crippen LogP) is 2.06. The van der Waals surface area contributed by atoms with Crippen molar-refractivity contribution < 1.29 is 4.79 Å². The summed E-state index contributed by atoms with van der Waals surface area (Å²) in [6, 6.07) is 5.56. The molecule has 0 spiro atoms. The van der Waals surface area contributed by atoms with Gasteiger partial charge in [0.05, 0.1) is 6.54 Å². The highest BCUT2D eigenvalue weighted by Gasteiger charge is 2.02. The van der Waals surface area contributed by atoms with Gasteiger partial charge in [-0.3, -0.25) is 0 Å². The molecule has 3 heteroatoms. The minimum absolute atomic E-state index is 0.233. The Bertz CT molecular complexity index is 405. The smallest absolute Gasteiger partial charge is 0.320 e. The third-order valence-electron chi connectivity index (χ3n) is 1.98. The summed E-state index contributed by atoms with van der Waals surface area (Å²) in [6.07, 6.45) is 5.03. The van der Waals surface area contributed by atoms with Crippen LogP contribution >= 0.6 is 0 Å². The standard InChI is InChI=1S/C12H14N2O/c1-4-7-13-12(15)14-11-6-5-9(2)8-10(11)3/h1,5-6,8H,7H2,2-3H3,(H2,13,14,15). The van der Waals surface area contributed by atoms with Crippen LogP contribution in [0, 0.1) is 26.2 Å². The van der Waals surface area contributed by atoms with Crippen molar-refractivity contribution in [2.75, 3.05) is 11.9 Å². The number of hydrogen-bond acceptors (Lipinski definition) is 1. The molecule has 1 aromatic rings. The number of terminal acetylenes is 1. The van der Waals surface area contributed by atoms with Gasteiger partial charge in [-0.1, -0.05) is 23.6 Å². The fourth-order valence-electron chi connectivity index (χ4n) is 1.25. The summed E-state index contributed by atoms with van der Waals surface area (Å²) in [4.78, 5) is 11.3. The minimum atomic E-state index is -0.278. The second kappa shape index (κ2) is 5.06. The lowest BCUT2D eigenvalue weighted by molar-refractivity contribution is 0.253. The van der Waals surface area contributed by atoms with Crippen molar-refractivity contribution in [3.63, 3.8) is 0 Å². The molecule has 0 saturated heterocycles. The lowest BCUT2D eigenvalue weighted by Gasteiger charge is -2.08. The van der Waals surface area contributed by atoms with Gasteiger partial charge in [-0.25, -0.2) is 4.79 Å². The Morgan fingerprint density at radius 3 is 2.80 bits per heavy atom. The normalized spacial score (nSPS) is 9.13. The predicted molar refractivity (Wildman–Crippen MR) is 61.8 cm³/mol. The van der Waals surface area contributed by atoms with Gasteiger partial charge in [-0.15, -0.1) is 6.42 Å². The first-order valence-corrected chi connectivity index (χ1v) is 4.69. The maximum absolute atomic E-state index is 11.3. The van der Waals surface area contributed by atoms with E-state index in [9.17, 15) is 4.79 Å². The van der Waals surface area contributed by atoms with Crippen molar-refractivity contribution in [2.45, 2.75) is 13.8 Å². The zero-order valence-corrected chi connectivity index (χ0v) is 8.92. The van der Waals surface area contributed by atoms with Crippen molar-refractivity contribution in [2.24, 2.45) is 0 Å². The summed E-state index contributed by atoms with van der Waals surface area (Å²) in [6.45, 7) is 4.19. The number of rotatable bonds is 2. The van der Waals surface area contributed by atoms with Gasteiger partial charge in [0.25, 0.3) is 0 Å². The van der Waals surface area contributed by atoms with Gasteiger partial charge >= 0.3 is 6.03 Å². The molecule has 15 heavy (non-hydrogen) atoms. The maximum Gasteiger partial charge on any atom is 0.320 e. The molecule has 0 aromatic heterocycles. The topological polar surface area (TPSA) is 41.1 Å². The van der Waals surface area contributed by atoms with E-state index in [1.54, 1.807) is 0 Å². The third-order valence-corrected chi connectivity index (χ3v) is 1.98. The van der Waals surface area contributed by atoms with Gasteiger partial charge < -0.3 is 10.6 Å². The van der Waals surface area contributed by atoms with Gasteiger partial charge in [0, 0.05) is 5.69 Å². The minimum Gasteiger partial charge on any atom is -0.327 e. The Balaban J connectivity index is 2.65. The first-order chi connectivity index (χ1) is 7.13. The van der Waals surface area contributed by atoms with Gasteiger partial charge in [-0.2, -0.15) is 0 Å². The number of hydrogen-bond donors (Lipinski definition) is 2. The van der Waals surface area contributed by atoms with E-state index in [1.165, 1.54) is 5.56 Å². The number of carbonyl (C=O) groups excluding carboxylic acids is 1. The highest BCUT2D eigenvalue weighted by molar-refractivity contribution is 5.90. The average Bonchev–Trinajstić information content (AvgIpc) is 2.19. The molecule has 0 fully saturated rings. The second-order valence-corrected chi connectivity index (χ2v) is 3.33. The molecule has 2 amide bonds. The number of aryl methyl sites for hydroxylation is 2. The van der Waals surface area contributed by atoms with Crippen LogP contribution in [0.4, 0.5) is 10.5 Å². The first-order valence-electron chi connectivity index (χ1n) is 4.69. The first kappa shape index (κ1) is 11.1.